The second-order valence-corrected chi connectivity index (χ2v) is 5.41. The monoisotopic (exact) mass is 245 g/mol. The fourth-order valence-corrected chi connectivity index (χ4v) is 2.97. The van der Waals surface area contributed by atoms with Crippen LogP contribution in [0.1, 0.15) is 31.9 Å². The van der Waals surface area contributed by atoms with E-state index in [-0.39, 0.29) is 5.60 Å². The Labute approximate surface area is 108 Å². The van der Waals surface area contributed by atoms with Gasteiger partial charge in [0.15, 0.2) is 5.60 Å². The van der Waals surface area contributed by atoms with Crippen LogP contribution in [0.3, 0.4) is 0 Å². The molecule has 0 N–H and O–H groups in total. The van der Waals surface area contributed by atoms with Crippen LogP contribution in [0.5, 0.6) is 0 Å². The number of hydrogen-bond acceptors (Lipinski definition) is 4. The van der Waals surface area contributed by atoms with Crippen LogP contribution < -0.4 is 0 Å². The summed E-state index contributed by atoms with van der Waals surface area (Å²) in [5.74, 6) is 0. The lowest BCUT2D eigenvalue weighted by atomic mass is 9.88. The number of likely N-dealkylation sites (tertiary alicyclic amines) is 1. The lowest BCUT2D eigenvalue weighted by Gasteiger charge is -2.38. The highest BCUT2D eigenvalue weighted by molar-refractivity contribution is 5.83. The van der Waals surface area contributed by atoms with Gasteiger partial charge in [-0.1, -0.05) is 11.2 Å². The van der Waals surface area contributed by atoms with E-state index in [0.717, 1.165) is 43.9 Å². The largest absolute Gasteiger partial charge is 0.388 e. The van der Waals surface area contributed by atoms with E-state index in [4.69, 9.17) is 4.84 Å². The van der Waals surface area contributed by atoms with Crippen molar-refractivity contribution in [2.24, 2.45) is 5.16 Å². The normalized spacial score (nSPS) is 28.2. The van der Waals surface area contributed by atoms with E-state index in [1.807, 2.05) is 25.3 Å². The lowest BCUT2D eigenvalue weighted by Crippen LogP contribution is -2.47. The Morgan fingerprint density at radius 3 is 3.11 bits per heavy atom. The van der Waals surface area contributed by atoms with Crippen molar-refractivity contribution in [3.8, 4) is 0 Å². The van der Waals surface area contributed by atoms with Gasteiger partial charge in [0.05, 0.1) is 11.4 Å². The molecule has 0 aromatic carbocycles. The molecule has 2 aliphatic heterocycles. The van der Waals surface area contributed by atoms with Gasteiger partial charge in [-0.25, -0.2) is 0 Å². The van der Waals surface area contributed by atoms with Crippen LogP contribution in [-0.4, -0.2) is 34.3 Å². The van der Waals surface area contributed by atoms with Crippen LogP contribution in [0.2, 0.25) is 0 Å². The second-order valence-electron chi connectivity index (χ2n) is 5.41. The average Bonchev–Trinajstić information content (AvgIpc) is 2.72. The van der Waals surface area contributed by atoms with Gasteiger partial charge in [0.1, 0.15) is 0 Å². The zero-order valence-electron chi connectivity index (χ0n) is 10.8. The molecule has 0 radical (unpaired) electrons. The summed E-state index contributed by atoms with van der Waals surface area (Å²) in [4.78, 5) is 12.5. The van der Waals surface area contributed by atoms with E-state index in [9.17, 15) is 0 Å². The van der Waals surface area contributed by atoms with Crippen molar-refractivity contribution in [3.05, 3.63) is 30.1 Å². The summed E-state index contributed by atoms with van der Waals surface area (Å²) in [7, 11) is 0. The lowest BCUT2D eigenvalue weighted by molar-refractivity contribution is -0.0706. The van der Waals surface area contributed by atoms with E-state index >= 15 is 0 Å². The molecule has 0 aliphatic carbocycles. The molecule has 1 unspecified atom stereocenters. The maximum absolute atomic E-state index is 5.69. The quantitative estimate of drug-likeness (QED) is 0.801. The van der Waals surface area contributed by atoms with Gasteiger partial charge in [0.25, 0.3) is 0 Å². The molecule has 1 spiro atoms. The predicted octanol–water partition coefficient (Wildman–Crippen LogP) is 2.21. The van der Waals surface area contributed by atoms with E-state index in [2.05, 4.69) is 21.1 Å². The Bertz CT molecular complexity index is 446. The summed E-state index contributed by atoms with van der Waals surface area (Å²) >= 11 is 0. The Morgan fingerprint density at radius 1 is 1.44 bits per heavy atom. The molecule has 4 heteroatoms. The van der Waals surface area contributed by atoms with Crippen molar-refractivity contribution in [3.63, 3.8) is 0 Å². The third-order valence-corrected chi connectivity index (χ3v) is 3.70. The predicted molar refractivity (Wildman–Crippen MR) is 70.3 cm³/mol. The molecule has 1 aromatic heterocycles. The molecular formula is C14H19N3O. The smallest absolute Gasteiger partial charge is 0.155 e. The molecule has 2 aliphatic rings. The summed E-state index contributed by atoms with van der Waals surface area (Å²) in [6.45, 7) is 5.04. The van der Waals surface area contributed by atoms with Gasteiger partial charge in [-0.15, -0.1) is 0 Å². The van der Waals surface area contributed by atoms with Gasteiger partial charge in [0, 0.05) is 25.7 Å². The molecule has 1 saturated heterocycles. The summed E-state index contributed by atoms with van der Waals surface area (Å²) in [6.07, 6.45) is 5.13. The third-order valence-electron chi connectivity index (χ3n) is 3.70. The number of oxime groups is 1. The molecule has 1 aromatic rings. The van der Waals surface area contributed by atoms with Crippen molar-refractivity contribution in [2.45, 2.75) is 38.3 Å². The number of piperidine rings is 1. The van der Waals surface area contributed by atoms with Gasteiger partial charge in [-0.3, -0.25) is 9.88 Å². The second kappa shape index (κ2) is 4.69. The van der Waals surface area contributed by atoms with Crippen molar-refractivity contribution in [1.82, 2.24) is 9.88 Å². The summed E-state index contributed by atoms with van der Waals surface area (Å²) in [5, 5.41) is 4.13. The first-order valence-electron chi connectivity index (χ1n) is 6.60. The van der Waals surface area contributed by atoms with E-state index < -0.39 is 0 Å². The number of rotatable bonds is 2. The van der Waals surface area contributed by atoms with Crippen LogP contribution in [0.4, 0.5) is 0 Å². The Kier molecular flexibility index (Phi) is 3.04. The minimum atomic E-state index is -0.0584. The molecule has 0 bridgehead atoms. The van der Waals surface area contributed by atoms with E-state index in [1.54, 1.807) is 0 Å². The Morgan fingerprint density at radius 2 is 2.39 bits per heavy atom. The van der Waals surface area contributed by atoms with Gasteiger partial charge in [-0.2, -0.15) is 0 Å². The maximum atomic E-state index is 5.69. The summed E-state index contributed by atoms with van der Waals surface area (Å²) in [5.41, 5.74) is 2.19. The van der Waals surface area contributed by atoms with E-state index in [1.165, 1.54) is 6.42 Å². The van der Waals surface area contributed by atoms with Crippen molar-refractivity contribution < 1.29 is 4.84 Å². The number of hydrogen-bond donors (Lipinski definition) is 0. The zero-order chi connectivity index (χ0) is 12.4. The van der Waals surface area contributed by atoms with E-state index in [0.29, 0.717) is 0 Å². The highest BCUT2D eigenvalue weighted by Crippen LogP contribution is 2.33. The Balaban J connectivity index is 1.65. The fraction of sp³-hybridized carbons (Fsp3) is 0.571. The summed E-state index contributed by atoms with van der Waals surface area (Å²) < 4.78 is 0. The van der Waals surface area contributed by atoms with Crippen LogP contribution in [0.25, 0.3) is 0 Å². The van der Waals surface area contributed by atoms with Crippen LogP contribution in [0.15, 0.2) is 29.6 Å². The minimum Gasteiger partial charge on any atom is -0.388 e. The van der Waals surface area contributed by atoms with Crippen molar-refractivity contribution in [2.75, 3.05) is 13.1 Å². The number of aromatic nitrogens is 1. The fourth-order valence-electron chi connectivity index (χ4n) is 2.97. The number of nitrogens with zero attached hydrogens (tertiary/aromatic N) is 3. The van der Waals surface area contributed by atoms with Crippen LogP contribution in [-0.2, 0) is 11.4 Å². The molecule has 3 heterocycles. The minimum absolute atomic E-state index is 0.0584. The molecule has 96 valence electrons. The topological polar surface area (TPSA) is 37.7 Å². The van der Waals surface area contributed by atoms with Gasteiger partial charge in [-0.05, 0) is 38.4 Å². The first-order chi connectivity index (χ1) is 8.76. The van der Waals surface area contributed by atoms with Gasteiger partial charge in [0.2, 0.25) is 0 Å². The highest BCUT2D eigenvalue weighted by atomic mass is 16.7. The molecule has 1 atom stereocenters. The molecule has 18 heavy (non-hydrogen) atoms. The zero-order valence-corrected chi connectivity index (χ0v) is 10.8. The van der Waals surface area contributed by atoms with Crippen molar-refractivity contribution in [1.29, 1.82) is 0 Å². The molecule has 0 saturated carbocycles. The maximum Gasteiger partial charge on any atom is 0.155 e. The molecular weight excluding hydrogens is 226 g/mol. The van der Waals surface area contributed by atoms with Crippen LogP contribution in [0, 0.1) is 0 Å². The van der Waals surface area contributed by atoms with Gasteiger partial charge < -0.3 is 4.84 Å². The standard InChI is InChI=1S/C14H19N3O/c1-12-9-14(18-16-12)6-4-8-17(11-14)10-13-5-2-3-7-15-13/h2-3,5,7H,4,6,8-11H2,1H3. The molecule has 3 rings (SSSR count). The number of pyridine rings is 1. The highest BCUT2D eigenvalue weighted by Gasteiger charge is 2.41. The van der Waals surface area contributed by atoms with Crippen LogP contribution >= 0.6 is 0 Å². The molecule has 0 amide bonds. The average molecular weight is 245 g/mol. The summed E-state index contributed by atoms with van der Waals surface area (Å²) in [6, 6.07) is 6.08. The first kappa shape index (κ1) is 11.7. The molecule has 1 fully saturated rings. The Hall–Kier alpha value is -1.42. The third kappa shape index (κ3) is 2.38. The first-order valence-corrected chi connectivity index (χ1v) is 6.60. The van der Waals surface area contributed by atoms with Gasteiger partial charge >= 0.3 is 0 Å². The SMILES string of the molecule is CC1=NOC2(CCCN(Cc3ccccn3)C2)C1. The van der Waals surface area contributed by atoms with Crippen molar-refractivity contribution >= 4 is 5.71 Å². The molecule has 4 nitrogen and oxygen atoms in total.